The first-order valence-corrected chi connectivity index (χ1v) is 10.4. The van der Waals surface area contributed by atoms with E-state index in [0.717, 1.165) is 42.4 Å². The molecule has 0 spiro atoms. The van der Waals surface area contributed by atoms with Gasteiger partial charge in [-0.25, -0.2) is 9.59 Å². The van der Waals surface area contributed by atoms with Crippen molar-refractivity contribution in [3.8, 4) is 5.75 Å². The van der Waals surface area contributed by atoms with Gasteiger partial charge >= 0.3 is 11.9 Å². The van der Waals surface area contributed by atoms with Gasteiger partial charge in [0.1, 0.15) is 5.56 Å². The highest BCUT2D eigenvalue weighted by Crippen LogP contribution is 2.32. The van der Waals surface area contributed by atoms with Gasteiger partial charge in [0, 0.05) is 5.56 Å². The first-order valence-electron chi connectivity index (χ1n) is 10.4. The van der Waals surface area contributed by atoms with Crippen molar-refractivity contribution < 1.29 is 19.2 Å². The van der Waals surface area contributed by atoms with Crippen molar-refractivity contribution in [1.82, 2.24) is 0 Å². The van der Waals surface area contributed by atoms with Gasteiger partial charge in [0.2, 0.25) is 0 Å². The second-order valence-corrected chi connectivity index (χ2v) is 7.05. The van der Waals surface area contributed by atoms with Gasteiger partial charge in [-0.05, 0) is 55.0 Å². The van der Waals surface area contributed by atoms with Crippen molar-refractivity contribution in [2.24, 2.45) is 5.90 Å². The van der Waals surface area contributed by atoms with Gasteiger partial charge < -0.3 is 9.57 Å². The van der Waals surface area contributed by atoms with Crippen LogP contribution in [-0.4, -0.2) is 11.9 Å². The predicted octanol–water partition coefficient (Wildman–Crippen LogP) is 5.18. The van der Waals surface area contributed by atoms with Crippen LogP contribution in [0, 0.1) is 0 Å². The van der Waals surface area contributed by atoms with Crippen molar-refractivity contribution >= 4 is 11.9 Å². The third-order valence-electron chi connectivity index (χ3n) is 5.13. The lowest BCUT2D eigenvalue weighted by Crippen LogP contribution is -2.18. The second-order valence-electron chi connectivity index (χ2n) is 7.05. The van der Waals surface area contributed by atoms with Crippen LogP contribution in [0.15, 0.2) is 36.4 Å². The molecule has 0 fully saturated rings. The number of esters is 2. The molecule has 156 valence electrons. The highest BCUT2D eigenvalue weighted by atomic mass is 16.6. The summed E-state index contributed by atoms with van der Waals surface area (Å²) in [5.74, 6) is 4.39. The maximum atomic E-state index is 12.8. The topological polar surface area (TPSA) is 78.6 Å². The van der Waals surface area contributed by atoms with E-state index < -0.39 is 11.9 Å². The van der Waals surface area contributed by atoms with E-state index in [9.17, 15) is 9.59 Å². The van der Waals surface area contributed by atoms with Crippen LogP contribution in [0.1, 0.15) is 83.9 Å². The van der Waals surface area contributed by atoms with Crippen LogP contribution in [0.5, 0.6) is 5.75 Å². The van der Waals surface area contributed by atoms with Crippen LogP contribution in [0.25, 0.3) is 0 Å². The Morgan fingerprint density at radius 1 is 0.897 bits per heavy atom. The molecule has 5 nitrogen and oxygen atoms in total. The number of aryl methyl sites for hydroxylation is 1. The van der Waals surface area contributed by atoms with E-state index in [1.54, 1.807) is 36.4 Å². The number of carbonyl (C=O) groups excluding carboxylic acids is 2. The van der Waals surface area contributed by atoms with Gasteiger partial charge in [-0.1, -0.05) is 58.2 Å². The first-order chi connectivity index (χ1) is 14.1. The lowest BCUT2D eigenvalue weighted by Gasteiger charge is -2.19. The fourth-order valence-electron chi connectivity index (χ4n) is 3.66. The molecular formula is C24H31NO4. The summed E-state index contributed by atoms with van der Waals surface area (Å²) in [5, 5.41) is 0. The zero-order valence-electron chi connectivity index (χ0n) is 17.6. The predicted molar refractivity (Wildman–Crippen MR) is 114 cm³/mol. The Morgan fingerprint density at radius 2 is 1.59 bits per heavy atom. The molecule has 0 unspecified atom stereocenters. The summed E-state index contributed by atoms with van der Waals surface area (Å²) in [5.41, 5.74) is 3.69. The number of ether oxygens (including phenoxy) is 1. The zero-order chi connectivity index (χ0) is 21.2. The minimum Gasteiger partial charge on any atom is -0.410 e. The van der Waals surface area contributed by atoms with Crippen molar-refractivity contribution in [3.63, 3.8) is 0 Å². The number of carbonyl (C=O) groups is 2. The second kappa shape index (κ2) is 11.4. The molecule has 2 aromatic carbocycles. The van der Waals surface area contributed by atoms with E-state index >= 15 is 0 Å². The summed E-state index contributed by atoms with van der Waals surface area (Å²) in [4.78, 5) is 30.2. The summed E-state index contributed by atoms with van der Waals surface area (Å²) in [6, 6.07) is 10.2. The molecule has 0 radical (unpaired) electrons. The Hall–Kier alpha value is -2.66. The first kappa shape index (κ1) is 22.6. The standard InChI is InChI=1S/C24H31NO4/c1-4-7-8-10-15-18-16-21(22(29-25)20(6-3)19(18)5-2)24(27)28-23(26)17-13-11-9-12-14-17/h9,11-14,16H,4-8,10,15,25H2,1-3H3. The van der Waals surface area contributed by atoms with Crippen molar-refractivity contribution in [2.45, 2.75) is 65.7 Å². The van der Waals surface area contributed by atoms with E-state index in [-0.39, 0.29) is 5.56 Å². The van der Waals surface area contributed by atoms with E-state index in [1.165, 1.54) is 12.8 Å². The van der Waals surface area contributed by atoms with Crippen LogP contribution in [0.4, 0.5) is 0 Å². The summed E-state index contributed by atoms with van der Waals surface area (Å²) in [6.45, 7) is 6.27. The molecule has 0 aliphatic carbocycles. The van der Waals surface area contributed by atoms with Crippen molar-refractivity contribution in [3.05, 3.63) is 64.2 Å². The molecule has 29 heavy (non-hydrogen) atoms. The molecule has 2 rings (SSSR count). The van der Waals surface area contributed by atoms with Gasteiger partial charge in [-0.3, -0.25) is 0 Å². The molecule has 0 saturated carbocycles. The summed E-state index contributed by atoms with van der Waals surface area (Å²) < 4.78 is 5.12. The van der Waals surface area contributed by atoms with Crippen LogP contribution < -0.4 is 10.7 Å². The Kier molecular flexibility index (Phi) is 8.87. The normalized spacial score (nSPS) is 10.6. The number of hydrogen-bond acceptors (Lipinski definition) is 5. The van der Waals surface area contributed by atoms with Crippen molar-refractivity contribution in [2.75, 3.05) is 0 Å². The molecule has 0 aliphatic rings. The van der Waals surface area contributed by atoms with Crippen LogP contribution in [0.3, 0.4) is 0 Å². The van der Waals surface area contributed by atoms with E-state index in [1.807, 2.05) is 6.92 Å². The molecule has 2 N–H and O–H groups in total. The number of rotatable bonds is 10. The SMILES string of the molecule is CCCCCCc1cc(C(=O)OC(=O)c2ccccc2)c(ON)c(CC)c1CC. The Labute approximate surface area is 173 Å². The molecule has 0 atom stereocenters. The van der Waals surface area contributed by atoms with Gasteiger partial charge in [0.05, 0.1) is 5.56 Å². The third kappa shape index (κ3) is 5.67. The fourth-order valence-corrected chi connectivity index (χ4v) is 3.66. The molecule has 0 heterocycles. The van der Waals surface area contributed by atoms with Gasteiger partial charge in [0.15, 0.2) is 5.75 Å². The fraction of sp³-hybridized carbons (Fsp3) is 0.417. The smallest absolute Gasteiger partial charge is 0.349 e. The minimum absolute atomic E-state index is 0.205. The summed E-state index contributed by atoms with van der Waals surface area (Å²) in [7, 11) is 0. The lowest BCUT2D eigenvalue weighted by molar-refractivity contribution is 0.0395. The molecule has 0 aromatic heterocycles. The number of nitrogens with two attached hydrogens (primary N) is 1. The summed E-state index contributed by atoms with van der Waals surface area (Å²) >= 11 is 0. The third-order valence-corrected chi connectivity index (χ3v) is 5.13. The maximum Gasteiger partial charge on any atom is 0.349 e. The molecule has 0 amide bonds. The molecule has 0 aliphatic heterocycles. The molecule has 2 aromatic rings. The monoisotopic (exact) mass is 397 g/mol. The lowest BCUT2D eigenvalue weighted by atomic mass is 9.90. The van der Waals surface area contributed by atoms with Gasteiger partial charge in [0.25, 0.3) is 0 Å². The molecule has 5 heteroatoms. The quantitative estimate of drug-likeness (QED) is 0.258. The zero-order valence-corrected chi connectivity index (χ0v) is 17.6. The van der Waals surface area contributed by atoms with Crippen LogP contribution in [0.2, 0.25) is 0 Å². The number of benzene rings is 2. The Bertz CT molecular complexity index is 831. The molecule has 0 bridgehead atoms. The minimum atomic E-state index is -0.744. The van der Waals surface area contributed by atoms with Gasteiger partial charge in [-0.15, -0.1) is 0 Å². The number of hydrogen-bond donors (Lipinski definition) is 1. The van der Waals surface area contributed by atoms with Crippen LogP contribution >= 0.6 is 0 Å². The molecular weight excluding hydrogens is 366 g/mol. The van der Waals surface area contributed by atoms with E-state index in [4.69, 9.17) is 15.5 Å². The highest BCUT2D eigenvalue weighted by Gasteiger charge is 2.24. The molecule has 0 saturated heterocycles. The number of unbranched alkanes of at least 4 members (excludes halogenated alkanes) is 3. The largest absolute Gasteiger partial charge is 0.410 e. The van der Waals surface area contributed by atoms with Crippen molar-refractivity contribution in [1.29, 1.82) is 0 Å². The highest BCUT2D eigenvalue weighted by molar-refractivity contribution is 6.04. The average Bonchev–Trinajstić information content (AvgIpc) is 2.75. The van der Waals surface area contributed by atoms with Crippen LogP contribution in [-0.2, 0) is 24.0 Å². The summed E-state index contributed by atoms with van der Waals surface area (Å²) in [6.07, 6.45) is 6.90. The van der Waals surface area contributed by atoms with E-state index in [0.29, 0.717) is 17.7 Å². The average molecular weight is 398 g/mol. The van der Waals surface area contributed by atoms with Gasteiger partial charge in [-0.2, -0.15) is 5.90 Å². The Balaban J connectivity index is 2.37. The van der Waals surface area contributed by atoms with E-state index in [2.05, 4.69) is 13.8 Å². The maximum absolute atomic E-state index is 12.8. The Morgan fingerprint density at radius 3 is 2.17 bits per heavy atom.